The molecule has 0 aliphatic heterocycles. The van der Waals surface area contributed by atoms with Crippen LogP contribution in [0.2, 0.25) is 0 Å². The maximum atomic E-state index is 12.8. The number of carbonyl (C=O) groups excluding carboxylic acids is 1. The molecule has 0 fully saturated rings. The van der Waals surface area contributed by atoms with Crippen LogP contribution in [-0.4, -0.2) is 12.6 Å². The molecule has 1 aromatic carbocycles. The largest absolute Gasteiger partial charge is 0.462 e. The van der Waals surface area contributed by atoms with Gasteiger partial charge in [0.25, 0.3) is 0 Å². The van der Waals surface area contributed by atoms with Gasteiger partial charge in [0.1, 0.15) is 6.07 Å². The molecule has 18 heavy (non-hydrogen) atoms. The van der Waals surface area contributed by atoms with Crippen molar-refractivity contribution in [2.75, 3.05) is 6.61 Å². The maximum Gasteiger partial charge on any atom is 0.417 e. The fourth-order valence-corrected chi connectivity index (χ4v) is 1.91. The van der Waals surface area contributed by atoms with Crippen molar-refractivity contribution in [1.29, 1.82) is 5.26 Å². The topological polar surface area (TPSA) is 50.1 Å². The summed E-state index contributed by atoms with van der Waals surface area (Å²) in [7, 11) is 0. The Morgan fingerprint density at radius 1 is 1.50 bits per heavy atom. The van der Waals surface area contributed by atoms with Gasteiger partial charge in [0.05, 0.1) is 23.3 Å². The molecule has 3 nitrogen and oxygen atoms in total. The van der Waals surface area contributed by atoms with Crippen LogP contribution in [0.25, 0.3) is 0 Å². The fourth-order valence-electron chi connectivity index (χ4n) is 1.34. The van der Waals surface area contributed by atoms with Crippen molar-refractivity contribution in [2.24, 2.45) is 0 Å². The second-order valence-corrected chi connectivity index (χ2v) is 4.34. The lowest BCUT2D eigenvalue weighted by Crippen LogP contribution is -2.17. The Morgan fingerprint density at radius 2 is 2.11 bits per heavy atom. The fraction of sp³-hybridized carbons (Fsp3) is 0.273. The number of nitriles is 1. The van der Waals surface area contributed by atoms with E-state index in [9.17, 15) is 18.0 Å². The minimum Gasteiger partial charge on any atom is -0.462 e. The van der Waals surface area contributed by atoms with Crippen molar-refractivity contribution in [3.05, 3.63) is 32.4 Å². The predicted molar refractivity (Wildman–Crippen MR) is 64.8 cm³/mol. The van der Waals surface area contributed by atoms with Crippen molar-refractivity contribution in [3.63, 3.8) is 0 Å². The molecule has 0 saturated carbocycles. The number of ether oxygens (including phenoxy) is 1. The Hall–Kier alpha value is -1.30. The van der Waals surface area contributed by atoms with Crippen LogP contribution in [0.15, 0.2) is 12.1 Å². The second kappa shape index (κ2) is 5.56. The Bertz CT molecular complexity index is 520. The summed E-state index contributed by atoms with van der Waals surface area (Å²) < 4.78 is 43.2. The number of benzene rings is 1. The molecular weight excluding hydrogens is 362 g/mol. The lowest BCUT2D eigenvalue weighted by Gasteiger charge is -2.14. The van der Waals surface area contributed by atoms with E-state index in [0.29, 0.717) is 0 Å². The third-order valence-corrected chi connectivity index (χ3v) is 2.95. The highest BCUT2D eigenvalue weighted by Crippen LogP contribution is 2.35. The Kier molecular flexibility index (Phi) is 4.56. The Morgan fingerprint density at radius 3 is 2.56 bits per heavy atom. The molecule has 7 heteroatoms. The molecule has 0 bridgehead atoms. The van der Waals surface area contributed by atoms with Gasteiger partial charge in [-0.1, -0.05) is 0 Å². The molecule has 96 valence electrons. The van der Waals surface area contributed by atoms with Crippen LogP contribution in [0.4, 0.5) is 13.2 Å². The number of hydrogen-bond donors (Lipinski definition) is 0. The zero-order chi connectivity index (χ0) is 13.9. The summed E-state index contributed by atoms with van der Waals surface area (Å²) in [5.74, 6) is -1.14. The number of alkyl halides is 3. The van der Waals surface area contributed by atoms with E-state index in [0.717, 1.165) is 12.1 Å². The van der Waals surface area contributed by atoms with E-state index >= 15 is 0 Å². The quantitative estimate of drug-likeness (QED) is 0.594. The van der Waals surface area contributed by atoms with Gasteiger partial charge in [-0.25, -0.2) is 4.79 Å². The van der Waals surface area contributed by atoms with Gasteiger partial charge >= 0.3 is 12.1 Å². The number of rotatable bonds is 2. The molecule has 0 atom stereocenters. The monoisotopic (exact) mass is 369 g/mol. The Balaban J connectivity index is 3.56. The number of carbonyl (C=O) groups is 1. The molecule has 1 aromatic rings. The minimum absolute atomic E-state index is 0.0630. The molecule has 0 heterocycles. The van der Waals surface area contributed by atoms with E-state index < -0.39 is 23.3 Å². The highest BCUT2D eigenvalue weighted by molar-refractivity contribution is 14.1. The van der Waals surface area contributed by atoms with Crippen LogP contribution in [0.3, 0.4) is 0 Å². The predicted octanol–water partition coefficient (Wildman–Crippen LogP) is 3.36. The number of esters is 1. The normalized spacial score (nSPS) is 10.9. The van der Waals surface area contributed by atoms with Gasteiger partial charge in [-0.05, 0) is 41.6 Å². The molecule has 0 N–H and O–H groups in total. The molecule has 0 amide bonds. The summed E-state index contributed by atoms with van der Waals surface area (Å²) >= 11 is 1.69. The zero-order valence-electron chi connectivity index (χ0n) is 9.14. The Labute approximate surface area is 115 Å². The van der Waals surface area contributed by atoms with Crippen molar-refractivity contribution >= 4 is 28.6 Å². The summed E-state index contributed by atoms with van der Waals surface area (Å²) in [6.45, 7) is 1.41. The van der Waals surface area contributed by atoms with Crippen LogP contribution in [0, 0.1) is 14.9 Å². The van der Waals surface area contributed by atoms with Crippen LogP contribution >= 0.6 is 22.6 Å². The van der Waals surface area contributed by atoms with E-state index in [2.05, 4.69) is 4.74 Å². The summed E-state index contributed by atoms with van der Waals surface area (Å²) in [6.07, 6.45) is -4.71. The number of hydrogen-bond acceptors (Lipinski definition) is 3. The van der Waals surface area contributed by atoms with E-state index in [1.54, 1.807) is 28.7 Å². The summed E-state index contributed by atoms with van der Waals surface area (Å²) in [5.41, 5.74) is -2.19. The average Bonchev–Trinajstić information content (AvgIpc) is 2.27. The molecule has 1 rings (SSSR count). The highest BCUT2D eigenvalue weighted by atomic mass is 127. The number of nitrogens with zero attached hydrogens (tertiary/aromatic N) is 1. The third-order valence-electron chi connectivity index (χ3n) is 2.05. The van der Waals surface area contributed by atoms with Gasteiger partial charge in [-0.2, -0.15) is 18.4 Å². The van der Waals surface area contributed by atoms with Crippen LogP contribution in [0.5, 0.6) is 0 Å². The third kappa shape index (κ3) is 2.93. The first-order valence-electron chi connectivity index (χ1n) is 4.79. The van der Waals surface area contributed by atoms with Crippen LogP contribution < -0.4 is 0 Å². The van der Waals surface area contributed by atoms with Crippen molar-refractivity contribution in [2.45, 2.75) is 13.1 Å². The molecule has 0 spiro atoms. The smallest absolute Gasteiger partial charge is 0.417 e. The van der Waals surface area contributed by atoms with Gasteiger partial charge in [0, 0.05) is 3.57 Å². The molecule has 0 radical (unpaired) electrons. The highest BCUT2D eigenvalue weighted by Gasteiger charge is 2.37. The summed E-state index contributed by atoms with van der Waals surface area (Å²) in [4.78, 5) is 11.6. The summed E-state index contributed by atoms with van der Waals surface area (Å²) in [6, 6.07) is 3.52. The zero-order valence-corrected chi connectivity index (χ0v) is 11.3. The van der Waals surface area contributed by atoms with Crippen molar-refractivity contribution in [1.82, 2.24) is 0 Å². The standard InChI is InChI=1S/C11H7F3INO2/c1-2-18-10(17)9-6(5-16)8(15)4-3-7(9)11(12,13)14/h3-4H,2H2,1H3. The lowest BCUT2D eigenvalue weighted by molar-refractivity contribution is -0.138. The van der Waals surface area contributed by atoms with E-state index in [-0.39, 0.29) is 15.7 Å². The average molecular weight is 369 g/mol. The van der Waals surface area contributed by atoms with Gasteiger partial charge in [-0.15, -0.1) is 0 Å². The van der Waals surface area contributed by atoms with Gasteiger partial charge < -0.3 is 4.74 Å². The van der Waals surface area contributed by atoms with Crippen molar-refractivity contribution < 1.29 is 22.7 Å². The van der Waals surface area contributed by atoms with E-state index in [4.69, 9.17) is 5.26 Å². The van der Waals surface area contributed by atoms with Gasteiger partial charge in [0.2, 0.25) is 0 Å². The van der Waals surface area contributed by atoms with E-state index in [1.165, 1.54) is 6.92 Å². The van der Waals surface area contributed by atoms with Gasteiger partial charge in [0.15, 0.2) is 0 Å². The maximum absolute atomic E-state index is 12.8. The minimum atomic E-state index is -4.71. The molecule has 0 unspecified atom stereocenters. The summed E-state index contributed by atoms with van der Waals surface area (Å²) in [5, 5.41) is 8.88. The molecule has 0 aliphatic rings. The molecular formula is C11H7F3INO2. The van der Waals surface area contributed by atoms with Crippen molar-refractivity contribution in [3.8, 4) is 6.07 Å². The lowest BCUT2D eigenvalue weighted by atomic mass is 10.0. The van der Waals surface area contributed by atoms with E-state index in [1.807, 2.05) is 0 Å². The second-order valence-electron chi connectivity index (χ2n) is 3.17. The first-order valence-corrected chi connectivity index (χ1v) is 5.87. The van der Waals surface area contributed by atoms with Gasteiger partial charge in [-0.3, -0.25) is 0 Å². The van der Waals surface area contributed by atoms with Crippen LogP contribution in [-0.2, 0) is 10.9 Å². The first-order chi connectivity index (χ1) is 8.32. The molecule has 0 saturated heterocycles. The first kappa shape index (κ1) is 14.8. The SMILES string of the molecule is CCOC(=O)c1c(C(F)(F)F)ccc(I)c1C#N. The molecule has 0 aromatic heterocycles. The number of halogens is 4. The molecule has 0 aliphatic carbocycles. The van der Waals surface area contributed by atoms with Crippen LogP contribution in [0.1, 0.15) is 28.4 Å².